The Bertz CT molecular complexity index is 607. The Labute approximate surface area is 119 Å². The zero-order valence-electron chi connectivity index (χ0n) is 11.1. The van der Waals surface area contributed by atoms with Crippen molar-refractivity contribution in [2.24, 2.45) is 0 Å². The molecule has 0 bridgehead atoms. The smallest absolute Gasteiger partial charge is 0.242 e. The molecule has 2 rings (SSSR count). The van der Waals surface area contributed by atoms with Crippen LogP contribution in [0, 0.1) is 11.3 Å². The summed E-state index contributed by atoms with van der Waals surface area (Å²) in [6, 6.07) is 7.49. The molecular weight excluding hydrogens is 276 g/mol. The van der Waals surface area contributed by atoms with E-state index in [9.17, 15) is 13.5 Å². The van der Waals surface area contributed by atoms with Crippen LogP contribution in [-0.2, 0) is 10.0 Å². The first-order valence-electron chi connectivity index (χ1n) is 6.74. The number of nitrogens with zero attached hydrogens (tertiary/aromatic N) is 1. The first kappa shape index (κ1) is 15.0. The molecule has 2 atom stereocenters. The highest BCUT2D eigenvalue weighted by Gasteiger charge is 2.28. The summed E-state index contributed by atoms with van der Waals surface area (Å²) in [5.74, 6) is 0. The molecule has 0 radical (unpaired) electrons. The Balaban J connectivity index is 2.24. The molecule has 2 N–H and O–H groups in total. The summed E-state index contributed by atoms with van der Waals surface area (Å²) in [6.07, 6.45) is 3.37. The number of rotatable bonds is 3. The fourth-order valence-corrected chi connectivity index (χ4v) is 3.94. The summed E-state index contributed by atoms with van der Waals surface area (Å²) in [4.78, 5) is -0.0288. The van der Waals surface area contributed by atoms with Crippen molar-refractivity contribution in [3.63, 3.8) is 0 Å². The maximum absolute atomic E-state index is 12.4. The van der Waals surface area contributed by atoms with E-state index in [0.29, 0.717) is 12.8 Å². The van der Waals surface area contributed by atoms with Gasteiger partial charge in [0.15, 0.2) is 0 Å². The van der Waals surface area contributed by atoms with Crippen LogP contribution < -0.4 is 4.72 Å². The lowest BCUT2D eigenvalue weighted by atomic mass is 10.1. The Kier molecular flexibility index (Phi) is 4.76. The van der Waals surface area contributed by atoms with Crippen LogP contribution in [0.1, 0.15) is 37.7 Å². The van der Waals surface area contributed by atoms with Gasteiger partial charge in [0.2, 0.25) is 10.0 Å². The highest BCUT2D eigenvalue weighted by Crippen LogP contribution is 2.21. The summed E-state index contributed by atoms with van der Waals surface area (Å²) in [6.45, 7) is 0. The standard InChI is InChI=1S/C14H18N2O3S/c15-10-11-6-4-5-9-14(11)20(18,19)16-12-7-2-1-3-8-13(12)17/h4-6,9,12-13,16-17H,1-3,7-8H2. The van der Waals surface area contributed by atoms with E-state index in [1.54, 1.807) is 12.1 Å². The number of nitriles is 1. The number of hydrogen-bond donors (Lipinski definition) is 2. The number of aliphatic hydroxyl groups excluding tert-OH is 1. The van der Waals surface area contributed by atoms with E-state index in [2.05, 4.69) is 4.72 Å². The van der Waals surface area contributed by atoms with Crippen LogP contribution in [0.3, 0.4) is 0 Å². The van der Waals surface area contributed by atoms with Crippen molar-refractivity contribution >= 4 is 10.0 Å². The lowest BCUT2D eigenvalue weighted by Crippen LogP contribution is -2.42. The van der Waals surface area contributed by atoms with Crippen LogP contribution in [0.15, 0.2) is 29.2 Å². The number of nitrogens with one attached hydrogen (secondary N) is 1. The van der Waals surface area contributed by atoms with Crippen LogP contribution in [0.4, 0.5) is 0 Å². The quantitative estimate of drug-likeness (QED) is 0.827. The minimum absolute atomic E-state index is 0.0288. The number of benzene rings is 1. The molecule has 1 aromatic rings. The Morgan fingerprint density at radius 1 is 1.20 bits per heavy atom. The predicted octanol–water partition coefficient (Wildman–Crippen LogP) is 1.53. The fraction of sp³-hybridized carbons (Fsp3) is 0.500. The van der Waals surface area contributed by atoms with Crippen molar-refractivity contribution in [2.45, 2.75) is 49.1 Å². The molecule has 2 unspecified atom stereocenters. The molecule has 0 saturated heterocycles. The molecule has 0 aromatic heterocycles. The molecule has 108 valence electrons. The highest BCUT2D eigenvalue weighted by atomic mass is 32.2. The third kappa shape index (κ3) is 3.37. The van der Waals surface area contributed by atoms with Crippen LogP contribution in [0.25, 0.3) is 0 Å². The van der Waals surface area contributed by atoms with E-state index >= 15 is 0 Å². The second-order valence-corrected chi connectivity index (χ2v) is 6.72. The highest BCUT2D eigenvalue weighted by molar-refractivity contribution is 7.89. The first-order chi connectivity index (χ1) is 9.54. The normalized spacial score (nSPS) is 23.8. The average molecular weight is 294 g/mol. The monoisotopic (exact) mass is 294 g/mol. The molecule has 0 aliphatic heterocycles. The third-order valence-electron chi connectivity index (χ3n) is 3.58. The molecule has 1 aromatic carbocycles. The summed E-state index contributed by atoms with van der Waals surface area (Å²) < 4.78 is 27.3. The summed E-state index contributed by atoms with van der Waals surface area (Å²) in [7, 11) is -3.78. The van der Waals surface area contributed by atoms with Crippen molar-refractivity contribution in [1.29, 1.82) is 5.26 Å². The van der Waals surface area contributed by atoms with Gasteiger partial charge in [0.25, 0.3) is 0 Å². The second kappa shape index (κ2) is 6.35. The van der Waals surface area contributed by atoms with E-state index in [1.807, 2.05) is 6.07 Å². The predicted molar refractivity (Wildman–Crippen MR) is 74.4 cm³/mol. The van der Waals surface area contributed by atoms with Gasteiger partial charge in [0, 0.05) is 6.04 Å². The van der Waals surface area contributed by atoms with Crippen LogP contribution in [0.2, 0.25) is 0 Å². The van der Waals surface area contributed by atoms with Crippen molar-refractivity contribution < 1.29 is 13.5 Å². The van der Waals surface area contributed by atoms with Crippen molar-refractivity contribution in [2.75, 3.05) is 0 Å². The van der Waals surface area contributed by atoms with Crippen LogP contribution >= 0.6 is 0 Å². The molecular formula is C14H18N2O3S. The molecule has 6 heteroatoms. The minimum Gasteiger partial charge on any atom is -0.391 e. The van der Waals surface area contributed by atoms with E-state index in [4.69, 9.17) is 5.26 Å². The Hall–Kier alpha value is -1.42. The van der Waals surface area contributed by atoms with Gasteiger partial charge in [-0.1, -0.05) is 31.4 Å². The van der Waals surface area contributed by atoms with Crippen molar-refractivity contribution in [3.05, 3.63) is 29.8 Å². The zero-order valence-corrected chi connectivity index (χ0v) is 11.9. The summed E-state index contributed by atoms with van der Waals surface area (Å²) in [5, 5.41) is 19.0. The third-order valence-corrected chi connectivity index (χ3v) is 5.13. The largest absolute Gasteiger partial charge is 0.391 e. The van der Waals surface area contributed by atoms with E-state index in [1.165, 1.54) is 12.1 Å². The minimum atomic E-state index is -3.78. The lowest BCUT2D eigenvalue weighted by molar-refractivity contribution is 0.130. The second-order valence-electron chi connectivity index (χ2n) is 5.04. The lowest BCUT2D eigenvalue weighted by Gasteiger charge is -2.21. The van der Waals surface area contributed by atoms with Gasteiger partial charge in [-0.15, -0.1) is 0 Å². The topological polar surface area (TPSA) is 90.2 Å². The maximum atomic E-state index is 12.4. The number of sulfonamides is 1. The van der Waals surface area contributed by atoms with E-state index < -0.39 is 22.2 Å². The SMILES string of the molecule is N#Cc1ccccc1S(=O)(=O)NC1CCCCCC1O. The first-order valence-corrected chi connectivity index (χ1v) is 8.22. The Morgan fingerprint density at radius 3 is 2.65 bits per heavy atom. The van der Waals surface area contributed by atoms with Gasteiger partial charge in [-0.25, -0.2) is 13.1 Å². The average Bonchev–Trinajstić information content (AvgIpc) is 2.64. The molecule has 0 amide bonds. The van der Waals surface area contributed by atoms with Gasteiger partial charge in [0.05, 0.1) is 16.6 Å². The zero-order chi connectivity index (χ0) is 14.6. The Morgan fingerprint density at radius 2 is 1.90 bits per heavy atom. The molecule has 1 aliphatic carbocycles. The molecule has 0 spiro atoms. The molecule has 20 heavy (non-hydrogen) atoms. The maximum Gasteiger partial charge on any atom is 0.242 e. The van der Waals surface area contributed by atoms with Crippen molar-refractivity contribution in [1.82, 2.24) is 4.72 Å². The molecule has 1 aliphatic rings. The van der Waals surface area contributed by atoms with Crippen LogP contribution in [0.5, 0.6) is 0 Å². The molecule has 0 heterocycles. The summed E-state index contributed by atoms with van der Waals surface area (Å²) in [5.41, 5.74) is 0.114. The van der Waals surface area contributed by atoms with Gasteiger partial charge in [0.1, 0.15) is 6.07 Å². The summed E-state index contributed by atoms with van der Waals surface area (Å²) >= 11 is 0. The van der Waals surface area contributed by atoms with Crippen molar-refractivity contribution in [3.8, 4) is 6.07 Å². The van der Waals surface area contributed by atoms with Gasteiger partial charge < -0.3 is 5.11 Å². The van der Waals surface area contributed by atoms with Crippen LogP contribution in [-0.4, -0.2) is 25.7 Å². The van der Waals surface area contributed by atoms with Gasteiger partial charge in [-0.2, -0.15) is 5.26 Å². The van der Waals surface area contributed by atoms with Gasteiger partial charge >= 0.3 is 0 Å². The number of aliphatic hydroxyl groups is 1. The fourth-order valence-electron chi connectivity index (χ4n) is 2.48. The van der Waals surface area contributed by atoms with Gasteiger partial charge in [-0.3, -0.25) is 0 Å². The number of hydrogen-bond acceptors (Lipinski definition) is 4. The van der Waals surface area contributed by atoms with Gasteiger partial charge in [-0.05, 0) is 25.0 Å². The van der Waals surface area contributed by atoms with E-state index in [0.717, 1.165) is 19.3 Å². The molecule has 1 fully saturated rings. The van der Waals surface area contributed by atoms with E-state index in [-0.39, 0.29) is 10.5 Å². The molecule has 1 saturated carbocycles. The molecule has 5 nitrogen and oxygen atoms in total.